The van der Waals surface area contributed by atoms with Crippen molar-refractivity contribution in [2.24, 2.45) is 0 Å². The molecule has 7 heteroatoms. The number of hydrogen-bond donors (Lipinski definition) is 1. The van der Waals surface area contributed by atoms with E-state index in [0.717, 1.165) is 39.1 Å². The summed E-state index contributed by atoms with van der Waals surface area (Å²) in [5.74, 6) is -0.276. The van der Waals surface area contributed by atoms with Crippen molar-refractivity contribution in [1.29, 1.82) is 0 Å². The Labute approximate surface area is 134 Å². The molecule has 1 aliphatic rings. The predicted octanol–water partition coefficient (Wildman–Crippen LogP) is 2.65. The van der Waals surface area contributed by atoms with Gasteiger partial charge in [0.1, 0.15) is 5.75 Å². The average Bonchev–Trinajstić information content (AvgIpc) is 2.48. The van der Waals surface area contributed by atoms with Crippen LogP contribution in [0.1, 0.15) is 25.0 Å². The molecule has 1 saturated heterocycles. The molecule has 0 radical (unpaired) electrons. The van der Waals surface area contributed by atoms with E-state index in [2.05, 4.69) is 21.5 Å². The first-order valence-electron chi connectivity index (χ1n) is 7.86. The van der Waals surface area contributed by atoms with Crippen LogP contribution in [0.4, 0.5) is 13.2 Å². The highest BCUT2D eigenvalue weighted by molar-refractivity contribution is 5.28. The number of alkyl halides is 3. The molecule has 0 aliphatic carbocycles. The van der Waals surface area contributed by atoms with Gasteiger partial charge in [-0.1, -0.05) is 19.1 Å². The summed E-state index contributed by atoms with van der Waals surface area (Å²) in [6.07, 6.45) is -4.28. The minimum atomic E-state index is -4.70. The normalized spacial score (nSPS) is 18.8. The van der Waals surface area contributed by atoms with Crippen LogP contribution in [-0.2, 0) is 0 Å². The molecular formula is C16H23F3N2O2. The molecule has 1 aliphatic heterocycles. The summed E-state index contributed by atoms with van der Waals surface area (Å²) < 4.78 is 40.2. The molecule has 23 heavy (non-hydrogen) atoms. The molecule has 0 amide bonds. The molecule has 4 nitrogen and oxygen atoms in total. The molecule has 130 valence electrons. The molecule has 2 rings (SSSR count). The molecule has 1 heterocycles. The van der Waals surface area contributed by atoms with Crippen LogP contribution >= 0.6 is 0 Å². The minimum absolute atomic E-state index is 0.276. The Morgan fingerprint density at radius 3 is 2.17 bits per heavy atom. The number of piperazine rings is 1. The van der Waals surface area contributed by atoms with Crippen LogP contribution in [-0.4, -0.2) is 60.5 Å². The van der Waals surface area contributed by atoms with E-state index >= 15 is 0 Å². The second kappa shape index (κ2) is 7.99. The van der Waals surface area contributed by atoms with Crippen LogP contribution in [0.2, 0.25) is 0 Å². The van der Waals surface area contributed by atoms with Gasteiger partial charge in [0.05, 0.1) is 6.10 Å². The zero-order valence-corrected chi connectivity index (χ0v) is 13.2. The summed E-state index contributed by atoms with van der Waals surface area (Å²) in [5.41, 5.74) is 0.593. The average molecular weight is 332 g/mol. The van der Waals surface area contributed by atoms with Crippen LogP contribution in [0.15, 0.2) is 24.3 Å². The molecule has 0 unspecified atom stereocenters. The first-order valence-corrected chi connectivity index (χ1v) is 7.86. The zero-order valence-electron chi connectivity index (χ0n) is 13.2. The van der Waals surface area contributed by atoms with Gasteiger partial charge in [0.15, 0.2) is 0 Å². The lowest BCUT2D eigenvalue weighted by molar-refractivity contribution is -0.274. The standard InChI is InChI=1S/C16H23F3N2O2/c1-2-7-20-8-10-21(11-9-20)12-15(22)13-3-5-14(6-4-13)23-16(17,18)19/h3-6,15,22H,2,7-12H2,1H3/t15-/m0/s1. The number of aliphatic hydroxyl groups is 1. The highest BCUT2D eigenvalue weighted by atomic mass is 19.4. The summed E-state index contributed by atoms with van der Waals surface area (Å²) >= 11 is 0. The first-order chi connectivity index (χ1) is 10.9. The molecule has 0 aromatic heterocycles. The topological polar surface area (TPSA) is 35.9 Å². The summed E-state index contributed by atoms with van der Waals surface area (Å²) in [6.45, 7) is 7.50. The first kappa shape index (κ1) is 18.0. The summed E-state index contributed by atoms with van der Waals surface area (Å²) in [5, 5.41) is 10.2. The van der Waals surface area contributed by atoms with Crippen molar-refractivity contribution >= 4 is 0 Å². The number of aliphatic hydroxyl groups excluding tert-OH is 1. The number of halogens is 3. The van der Waals surface area contributed by atoms with Gasteiger partial charge >= 0.3 is 6.36 Å². The Morgan fingerprint density at radius 1 is 1.09 bits per heavy atom. The predicted molar refractivity (Wildman–Crippen MR) is 81.3 cm³/mol. The largest absolute Gasteiger partial charge is 0.573 e. The van der Waals surface area contributed by atoms with Gasteiger partial charge in [-0.2, -0.15) is 0 Å². The van der Waals surface area contributed by atoms with Crippen molar-refractivity contribution in [3.05, 3.63) is 29.8 Å². The van der Waals surface area contributed by atoms with Crippen LogP contribution in [0.25, 0.3) is 0 Å². The van der Waals surface area contributed by atoms with E-state index in [1.807, 2.05) is 0 Å². The third-order valence-electron chi connectivity index (χ3n) is 3.93. The van der Waals surface area contributed by atoms with Crippen LogP contribution in [0.5, 0.6) is 5.75 Å². The lowest BCUT2D eigenvalue weighted by Gasteiger charge is -2.35. The second-order valence-electron chi connectivity index (χ2n) is 5.77. The molecule has 0 spiro atoms. The van der Waals surface area contributed by atoms with E-state index in [0.29, 0.717) is 12.1 Å². The van der Waals surface area contributed by atoms with Gasteiger partial charge in [-0.15, -0.1) is 13.2 Å². The second-order valence-corrected chi connectivity index (χ2v) is 5.77. The maximum atomic E-state index is 12.1. The van der Waals surface area contributed by atoms with E-state index in [1.165, 1.54) is 24.3 Å². The van der Waals surface area contributed by atoms with Crippen molar-refractivity contribution in [2.45, 2.75) is 25.8 Å². The number of hydrogen-bond acceptors (Lipinski definition) is 4. The summed E-state index contributed by atoms with van der Waals surface area (Å²) in [6, 6.07) is 5.40. The van der Waals surface area contributed by atoms with Crippen molar-refractivity contribution in [1.82, 2.24) is 9.80 Å². The molecular weight excluding hydrogens is 309 g/mol. The van der Waals surface area contributed by atoms with E-state index < -0.39 is 12.5 Å². The van der Waals surface area contributed by atoms with Gasteiger partial charge in [-0.3, -0.25) is 4.90 Å². The molecule has 1 aromatic carbocycles. The fourth-order valence-corrected chi connectivity index (χ4v) is 2.75. The third kappa shape index (κ3) is 6.01. The number of nitrogens with zero attached hydrogens (tertiary/aromatic N) is 2. The fraction of sp³-hybridized carbons (Fsp3) is 0.625. The molecule has 1 fully saturated rings. The number of ether oxygens (including phenoxy) is 1. The van der Waals surface area contributed by atoms with Crippen LogP contribution in [0, 0.1) is 0 Å². The maximum absolute atomic E-state index is 12.1. The Bertz CT molecular complexity index is 471. The molecule has 0 bridgehead atoms. The van der Waals surface area contributed by atoms with E-state index in [1.54, 1.807) is 0 Å². The molecule has 1 N–H and O–H groups in total. The summed E-state index contributed by atoms with van der Waals surface area (Å²) in [4.78, 5) is 4.57. The van der Waals surface area contributed by atoms with E-state index in [9.17, 15) is 18.3 Å². The van der Waals surface area contributed by atoms with Crippen molar-refractivity contribution in [2.75, 3.05) is 39.3 Å². The van der Waals surface area contributed by atoms with Gasteiger partial charge < -0.3 is 14.7 Å². The van der Waals surface area contributed by atoms with Crippen molar-refractivity contribution < 1.29 is 23.0 Å². The smallest absolute Gasteiger partial charge is 0.406 e. The number of benzene rings is 1. The zero-order chi connectivity index (χ0) is 16.9. The summed E-state index contributed by atoms with van der Waals surface area (Å²) in [7, 11) is 0. The number of rotatable bonds is 6. The number of β-amino-alcohol motifs (C(OH)–C–C–N with tert-alkyl or cyclic N) is 1. The minimum Gasteiger partial charge on any atom is -0.406 e. The Morgan fingerprint density at radius 2 is 1.65 bits per heavy atom. The monoisotopic (exact) mass is 332 g/mol. The quantitative estimate of drug-likeness (QED) is 0.869. The Hall–Kier alpha value is -1.31. The lowest BCUT2D eigenvalue weighted by Crippen LogP contribution is -2.47. The van der Waals surface area contributed by atoms with Crippen LogP contribution in [0.3, 0.4) is 0 Å². The molecule has 0 saturated carbocycles. The maximum Gasteiger partial charge on any atom is 0.573 e. The molecule has 1 aromatic rings. The van der Waals surface area contributed by atoms with Crippen LogP contribution < -0.4 is 4.74 Å². The van der Waals surface area contributed by atoms with Gasteiger partial charge in [-0.25, -0.2) is 0 Å². The van der Waals surface area contributed by atoms with Crippen molar-refractivity contribution in [3.63, 3.8) is 0 Å². The Kier molecular flexibility index (Phi) is 6.26. The molecule has 1 atom stereocenters. The van der Waals surface area contributed by atoms with E-state index in [4.69, 9.17) is 0 Å². The highest BCUT2D eigenvalue weighted by Crippen LogP contribution is 2.24. The van der Waals surface area contributed by atoms with Crippen molar-refractivity contribution in [3.8, 4) is 5.75 Å². The van der Waals surface area contributed by atoms with Gasteiger partial charge in [0, 0.05) is 32.7 Å². The van der Waals surface area contributed by atoms with Gasteiger partial charge in [0.25, 0.3) is 0 Å². The van der Waals surface area contributed by atoms with Gasteiger partial charge in [0.2, 0.25) is 0 Å². The third-order valence-corrected chi connectivity index (χ3v) is 3.93. The SMILES string of the molecule is CCCN1CCN(C[C@H](O)c2ccc(OC(F)(F)F)cc2)CC1. The van der Waals surface area contributed by atoms with E-state index in [-0.39, 0.29) is 5.75 Å². The van der Waals surface area contributed by atoms with Gasteiger partial charge in [-0.05, 0) is 30.7 Å². The highest BCUT2D eigenvalue weighted by Gasteiger charge is 2.31. The fourth-order valence-electron chi connectivity index (χ4n) is 2.75. The lowest BCUT2D eigenvalue weighted by atomic mass is 10.1. The Balaban J connectivity index is 1.83.